The third-order valence-corrected chi connectivity index (χ3v) is 5.67. The Morgan fingerprint density at radius 3 is 2.77 bits per heavy atom. The molecule has 2 aliphatic rings. The van der Waals surface area contributed by atoms with Crippen molar-refractivity contribution in [1.82, 2.24) is 25.0 Å². The third-order valence-electron chi connectivity index (χ3n) is 5.08. The zero-order valence-electron chi connectivity index (χ0n) is 13.5. The minimum absolute atomic E-state index is 0.114. The molecule has 5 rings (SSSR count). The van der Waals surface area contributed by atoms with Crippen LogP contribution in [0.3, 0.4) is 0 Å². The van der Waals surface area contributed by atoms with Gasteiger partial charge in [0.05, 0.1) is 16.6 Å². The van der Waals surface area contributed by atoms with Crippen molar-refractivity contribution in [3.05, 3.63) is 52.8 Å². The van der Waals surface area contributed by atoms with Gasteiger partial charge < -0.3 is 5.43 Å². The summed E-state index contributed by atoms with van der Waals surface area (Å²) in [5, 5.41) is 6.56. The van der Waals surface area contributed by atoms with Crippen molar-refractivity contribution >= 4 is 34.8 Å². The Morgan fingerprint density at radius 2 is 2.08 bits per heavy atom. The second-order valence-electron chi connectivity index (χ2n) is 6.43. The van der Waals surface area contributed by atoms with Crippen LogP contribution in [0, 0.1) is 11.7 Å². The van der Waals surface area contributed by atoms with Gasteiger partial charge in [0.15, 0.2) is 5.82 Å². The number of benzene rings is 1. The highest BCUT2D eigenvalue weighted by atomic mass is 35.5. The van der Waals surface area contributed by atoms with Crippen LogP contribution in [0.4, 0.5) is 10.2 Å². The van der Waals surface area contributed by atoms with Crippen LogP contribution in [0.25, 0.3) is 16.9 Å². The Balaban J connectivity index is 1.84. The molecular weight excluding hydrogens is 378 g/mol. The maximum atomic E-state index is 14.7. The predicted octanol–water partition coefficient (Wildman–Crippen LogP) is 3.85. The lowest BCUT2D eigenvalue weighted by molar-refractivity contribution is 0.328. The van der Waals surface area contributed by atoms with Crippen LogP contribution in [0.2, 0.25) is 10.2 Å². The molecule has 0 bridgehead atoms. The largest absolute Gasteiger partial charge is 0.301 e. The van der Waals surface area contributed by atoms with Gasteiger partial charge in [-0.2, -0.15) is 19.6 Å². The fourth-order valence-corrected chi connectivity index (χ4v) is 4.22. The molecule has 1 aliphatic heterocycles. The fourth-order valence-electron chi connectivity index (χ4n) is 3.71. The van der Waals surface area contributed by atoms with Crippen LogP contribution in [-0.4, -0.2) is 25.6 Å². The Morgan fingerprint density at radius 1 is 1.23 bits per heavy atom. The van der Waals surface area contributed by atoms with Crippen LogP contribution >= 0.6 is 23.2 Å². The van der Waals surface area contributed by atoms with Crippen LogP contribution in [0.15, 0.2) is 36.8 Å². The summed E-state index contributed by atoms with van der Waals surface area (Å²) >= 11 is 12.8. The molecule has 3 heterocycles. The summed E-state index contributed by atoms with van der Waals surface area (Å²) in [6, 6.07) is 4.70. The van der Waals surface area contributed by atoms with Crippen molar-refractivity contribution in [2.45, 2.75) is 18.9 Å². The maximum Gasteiger partial charge on any atom is 0.255 e. The number of hydrogen-bond donors (Lipinski definition) is 1. The van der Waals surface area contributed by atoms with E-state index in [1.54, 1.807) is 16.6 Å². The molecule has 0 spiro atoms. The standard InChI is InChI=1S/C17H13Cl2FN6/c1-8-9-5-6-12(9)25(24-8)16-14(13-10(18)3-2-4-11(13)20)15(19)23-17-21-7-22-26(16)17/h2-4,7,9,12,24H,1,5-6H2. The monoisotopic (exact) mass is 390 g/mol. The van der Waals surface area contributed by atoms with Crippen LogP contribution < -0.4 is 10.4 Å². The van der Waals surface area contributed by atoms with E-state index < -0.39 is 5.82 Å². The number of halogens is 3. The number of fused-ring (bicyclic) bond motifs is 2. The van der Waals surface area contributed by atoms with E-state index in [4.69, 9.17) is 23.2 Å². The van der Waals surface area contributed by atoms with E-state index >= 15 is 0 Å². The summed E-state index contributed by atoms with van der Waals surface area (Å²) in [6.45, 7) is 4.09. The minimum atomic E-state index is -0.481. The van der Waals surface area contributed by atoms with Gasteiger partial charge in [-0.3, -0.25) is 5.01 Å². The van der Waals surface area contributed by atoms with Gasteiger partial charge in [0.1, 0.15) is 17.3 Å². The molecule has 1 saturated carbocycles. The van der Waals surface area contributed by atoms with E-state index in [2.05, 4.69) is 27.1 Å². The van der Waals surface area contributed by atoms with E-state index in [1.807, 2.05) is 5.01 Å². The molecule has 132 valence electrons. The van der Waals surface area contributed by atoms with Gasteiger partial charge in [-0.25, -0.2) is 4.39 Å². The topological polar surface area (TPSA) is 58.3 Å². The van der Waals surface area contributed by atoms with E-state index in [0.717, 1.165) is 18.5 Å². The first-order chi connectivity index (χ1) is 12.6. The normalized spacial score (nSPS) is 21.7. The van der Waals surface area contributed by atoms with Crippen LogP contribution in [0.1, 0.15) is 12.8 Å². The number of nitrogens with one attached hydrogen (secondary N) is 1. The SMILES string of the molecule is C=C1NN(c2c(-c3c(F)cccc3Cl)c(Cl)nc3ncnn23)C2CCC12. The number of hydrogen-bond acceptors (Lipinski definition) is 5. The molecule has 2 aromatic heterocycles. The van der Waals surface area contributed by atoms with Crippen LogP contribution in [-0.2, 0) is 0 Å². The number of anilines is 1. The molecule has 9 heteroatoms. The molecular formula is C17H13Cl2FN6. The van der Waals surface area contributed by atoms with E-state index in [-0.39, 0.29) is 21.8 Å². The lowest BCUT2D eigenvalue weighted by Crippen LogP contribution is -2.44. The van der Waals surface area contributed by atoms with Gasteiger partial charge in [0.25, 0.3) is 5.78 Å². The van der Waals surface area contributed by atoms with Crippen molar-refractivity contribution in [3.8, 4) is 11.1 Å². The average molecular weight is 391 g/mol. The van der Waals surface area contributed by atoms with Gasteiger partial charge >= 0.3 is 0 Å². The highest BCUT2D eigenvalue weighted by Crippen LogP contribution is 2.47. The fraction of sp³-hybridized carbons (Fsp3) is 0.235. The van der Waals surface area contributed by atoms with Crippen LogP contribution in [0.5, 0.6) is 0 Å². The summed E-state index contributed by atoms with van der Waals surface area (Å²) in [4.78, 5) is 8.39. The van der Waals surface area contributed by atoms with Gasteiger partial charge in [-0.15, -0.1) is 0 Å². The first-order valence-corrected chi connectivity index (χ1v) is 8.90. The molecule has 6 nitrogen and oxygen atoms in total. The van der Waals surface area contributed by atoms with Gasteiger partial charge in [-0.1, -0.05) is 35.8 Å². The van der Waals surface area contributed by atoms with Crippen molar-refractivity contribution in [2.75, 3.05) is 5.01 Å². The summed E-state index contributed by atoms with van der Waals surface area (Å²) in [6.07, 6.45) is 3.43. The van der Waals surface area contributed by atoms with E-state index in [1.165, 1.54) is 12.4 Å². The zero-order chi connectivity index (χ0) is 18.0. The second-order valence-corrected chi connectivity index (χ2v) is 7.19. The molecule has 2 unspecified atom stereocenters. The van der Waals surface area contributed by atoms with Crippen molar-refractivity contribution in [1.29, 1.82) is 0 Å². The molecule has 1 saturated heterocycles. The Hall–Kier alpha value is -2.38. The van der Waals surface area contributed by atoms with Gasteiger partial charge in [-0.05, 0) is 25.0 Å². The molecule has 0 amide bonds. The average Bonchev–Trinajstić information content (AvgIpc) is 3.08. The molecule has 3 aromatic rings. The first kappa shape index (κ1) is 15.8. The number of aromatic nitrogens is 4. The molecule has 0 radical (unpaired) electrons. The molecule has 1 aromatic carbocycles. The molecule has 2 fully saturated rings. The summed E-state index contributed by atoms with van der Waals surface area (Å²) < 4.78 is 16.2. The zero-order valence-corrected chi connectivity index (χ0v) is 15.0. The highest BCUT2D eigenvalue weighted by Gasteiger charge is 2.46. The smallest absolute Gasteiger partial charge is 0.255 e. The molecule has 1 aliphatic carbocycles. The number of rotatable bonds is 2. The van der Waals surface area contributed by atoms with E-state index in [0.29, 0.717) is 23.1 Å². The Kier molecular flexibility index (Phi) is 3.39. The first-order valence-electron chi connectivity index (χ1n) is 8.14. The number of nitrogens with zero attached hydrogens (tertiary/aromatic N) is 5. The quantitative estimate of drug-likeness (QED) is 0.673. The Labute approximate surface area is 158 Å². The molecule has 1 N–H and O–H groups in total. The molecule has 26 heavy (non-hydrogen) atoms. The van der Waals surface area contributed by atoms with E-state index in [9.17, 15) is 4.39 Å². The lowest BCUT2D eigenvalue weighted by Gasteiger charge is -2.35. The van der Waals surface area contributed by atoms with Gasteiger partial charge in [0.2, 0.25) is 0 Å². The third kappa shape index (κ3) is 2.07. The summed E-state index contributed by atoms with van der Waals surface area (Å²) in [7, 11) is 0. The minimum Gasteiger partial charge on any atom is -0.301 e. The highest BCUT2D eigenvalue weighted by molar-refractivity contribution is 6.36. The number of hydrazine groups is 1. The second kappa shape index (κ2) is 5.56. The molecule has 2 atom stereocenters. The Bertz CT molecular complexity index is 1040. The summed E-state index contributed by atoms with van der Waals surface area (Å²) in [5.41, 5.74) is 4.78. The summed E-state index contributed by atoms with van der Waals surface area (Å²) in [5.74, 6) is 0.740. The van der Waals surface area contributed by atoms with Crippen molar-refractivity contribution in [3.63, 3.8) is 0 Å². The van der Waals surface area contributed by atoms with Gasteiger partial charge in [0, 0.05) is 17.2 Å². The van der Waals surface area contributed by atoms with Crippen molar-refractivity contribution in [2.24, 2.45) is 5.92 Å². The lowest BCUT2D eigenvalue weighted by atomic mass is 9.79. The van der Waals surface area contributed by atoms with Crippen molar-refractivity contribution < 1.29 is 4.39 Å². The predicted molar refractivity (Wildman–Crippen MR) is 97.5 cm³/mol. The maximum absolute atomic E-state index is 14.7.